The fourth-order valence-corrected chi connectivity index (χ4v) is 3.99. The predicted molar refractivity (Wildman–Crippen MR) is 98.1 cm³/mol. The fourth-order valence-electron chi connectivity index (χ4n) is 3.55. The molecule has 0 radical (unpaired) electrons. The molecule has 1 aromatic rings. The van der Waals surface area contributed by atoms with E-state index in [1.165, 1.54) is 7.11 Å². The number of hydrogen-bond donors (Lipinski definition) is 0. The number of ether oxygens (including phenoxy) is 1. The third-order valence-corrected chi connectivity index (χ3v) is 5.11. The van der Waals surface area contributed by atoms with Crippen LogP contribution < -0.4 is 4.90 Å². The van der Waals surface area contributed by atoms with Gasteiger partial charge >= 0.3 is 6.09 Å². The highest BCUT2D eigenvalue weighted by molar-refractivity contribution is 7.80. The van der Waals surface area contributed by atoms with Crippen LogP contribution in [-0.4, -0.2) is 34.7 Å². The Balaban J connectivity index is 0.00000208. The number of amides is 2. The predicted octanol–water partition coefficient (Wildman–Crippen LogP) is 4.03. The molecule has 1 spiro atoms. The first-order valence-electron chi connectivity index (χ1n) is 7.84. The van der Waals surface area contributed by atoms with Crippen molar-refractivity contribution in [3.05, 3.63) is 29.8 Å². The molecule has 1 heterocycles. The summed E-state index contributed by atoms with van der Waals surface area (Å²) in [6, 6.07) is 7.87. The monoisotopic (exact) mass is 348 g/mol. The van der Waals surface area contributed by atoms with Gasteiger partial charge in [-0.3, -0.25) is 4.79 Å². The van der Waals surface area contributed by atoms with Gasteiger partial charge in [0.25, 0.3) is 5.91 Å². The van der Waals surface area contributed by atoms with Crippen LogP contribution >= 0.6 is 12.2 Å². The molecular weight excluding hydrogens is 324 g/mol. The van der Waals surface area contributed by atoms with Crippen molar-refractivity contribution in [1.82, 2.24) is 4.90 Å². The van der Waals surface area contributed by atoms with E-state index >= 15 is 0 Å². The van der Waals surface area contributed by atoms with Gasteiger partial charge in [-0.25, -0.2) is 4.79 Å². The lowest BCUT2D eigenvalue weighted by atomic mass is 9.80. The van der Waals surface area contributed by atoms with Crippen molar-refractivity contribution in [2.45, 2.75) is 52.0 Å². The van der Waals surface area contributed by atoms with Gasteiger partial charge in [0.1, 0.15) is 5.54 Å². The van der Waals surface area contributed by atoms with Crippen molar-refractivity contribution < 1.29 is 14.3 Å². The number of benzene rings is 1. The second-order valence-electron chi connectivity index (χ2n) is 6.16. The second-order valence-corrected chi connectivity index (χ2v) is 6.52. The molecule has 0 N–H and O–H groups in total. The minimum atomic E-state index is -0.751. The third-order valence-electron chi connectivity index (χ3n) is 4.74. The first-order valence-corrected chi connectivity index (χ1v) is 8.25. The Morgan fingerprint density at radius 1 is 1.17 bits per heavy atom. The number of nitrogens with zero attached hydrogens (tertiary/aromatic N) is 2. The summed E-state index contributed by atoms with van der Waals surface area (Å²) in [7, 11) is 1.26. The highest BCUT2D eigenvalue weighted by Gasteiger charge is 2.58. The van der Waals surface area contributed by atoms with Crippen LogP contribution in [0.25, 0.3) is 0 Å². The summed E-state index contributed by atoms with van der Waals surface area (Å²) < 4.78 is 4.76. The Hall–Kier alpha value is -1.95. The number of carbonyl (C=O) groups excluding carboxylic acids is 2. The van der Waals surface area contributed by atoms with E-state index in [0.717, 1.165) is 35.4 Å². The topological polar surface area (TPSA) is 49.9 Å². The van der Waals surface area contributed by atoms with Crippen molar-refractivity contribution in [1.29, 1.82) is 0 Å². The number of methoxy groups -OCH3 is 1. The molecule has 0 aromatic heterocycles. The summed E-state index contributed by atoms with van der Waals surface area (Å²) in [4.78, 5) is 28.0. The molecule has 130 valence electrons. The first-order chi connectivity index (χ1) is 11.0. The minimum Gasteiger partial charge on any atom is -0.452 e. The van der Waals surface area contributed by atoms with E-state index in [-0.39, 0.29) is 18.4 Å². The number of thiocarbonyl (C=S) groups is 1. The average molecular weight is 348 g/mol. The van der Waals surface area contributed by atoms with Crippen LogP contribution in [-0.2, 0) is 9.53 Å². The molecule has 0 bridgehead atoms. The van der Waals surface area contributed by atoms with Gasteiger partial charge in [-0.2, -0.15) is 4.90 Å². The number of carbonyl (C=O) groups is 2. The van der Waals surface area contributed by atoms with Crippen LogP contribution in [0, 0.1) is 6.92 Å². The van der Waals surface area contributed by atoms with E-state index in [9.17, 15) is 9.59 Å². The van der Waals surface area contributed by atoms with Gasteiger partial charge in [-0.05, 0) is 44.1 Å². The highest BCUT2D eigenvalue weighted by atomic mass is 32.1. The zero-order chi connectivity index (χ0) is 16.6. The van der Waals surface area contributed by atoms with Crippen molar-refractivity contribution in [2.24, 2.45) is 0 Å². The number of imide groups is 1. The van der Waals surface area contributed by atoms with Crippen molar-refractivity contribution in [2.75, 3.05) is 12.0 Å². The molecular formula is C18H24N2O3S. The van der Waals surface area contributed by atoms with E-state index in [1.807, 2.05) is 36.1 Å². The van der Waals surface area contributed by atoms with E-state index in [2.05, 4.69) is 0 Å². The van der Waals surface area contributed by atoms with Crippen molar-refractivity contribution in [3.63, 3.8) is 0 Å². The maximum absolute atomic E-state index is 13.0. The number of aryl methyl sites for hydroxylation is 1. The SMILES string of the molecule is C.COC(=O)N1C(=O)C2(CCCCC2)N(c2ccc(C)cc2)C1=S. The summed E-state index contributed by atoms with van der Waals surface area (Å²) in [5.74, 6) is -0.255. The van der Waals surface area contributed by atoms with Gasteiger partial charge in [-0.1, -0.05) is 44.4 Å². The molecule has 1 saturated carbocycles. The number of rotatable bonds is 1. The molecule has 5 nitrogen and oxygen atoms in total. The standard InChI is InChI=1S/C17H20N2O3S.CH4/c1-12-6-8-13(9-7-12)19-15(23)18(16(21)22-2)14(20)17(19)10-4-3-5-11-17;/h6-9H,3-5,10-11H2,1-2H3;1H4. The number of anilines is 1. The lowest BCUT2D eigenvalue weighted by Crippen LogP contribution is -2.51. The van der Waals surface area contributed by atoms with Gasteiger partial charge in [0.15, 0.2) is 5.11 Å². The van der Waals surface area contributed by atoms with Crippen LogP contribution in [0.4, 0.5) is 10.5 Å². The molecule has 3 rings (SSSR count). The zero-order valence-corrected chi connectivity index (χ0v) is 14.2. The smallest absolute Gasteiger partial charge is 0.422 e. The van der Waals surface area contributed by atoms with E-state index in [0.29, 0.717) is 12.8 Å². The van der Waals surface area contributed by atoms with Crippen LogP contribution in [0.5, 0.6) is 0 Å². The molecule has 0 atom stereocenters. The first kappa shape index (κ1) is 18.4. The van der Waals surface area contributed by atoms with Crippen LogP contribution in [0.3, 0.4) is 0 Å². The molecule has 1 aliphatic carbocycles. The summed E-state index contributed by atoms with van der Waals surface area (Å²) in [6.07, 6.45) is 3.69. The zero-order valence-electron chi connectivity index (χ0n) is 13.4. The minimum absolute atomic E-state index is 0. The highest BCUT2D eigenvalue weighted by Crippen LogP contribution is 2.43. The quantitative estimate of drug-likeness (QED) is 0.717. The summed E-state index contributed by atoms with van der Waals surface area (Å²) in [5.41, 5.74) is 1.23. The summed E-state index contributed by atoms with van der Waals surface area (Å²) >= 11 is 5.48. The largest absolute Gasteiger partial charge is 0.452 e. The molecule has 6 heteroatoms. The van der Waals surface area contributed by atoms with E-state index in [4.69, 9.17) is 17.0 Å². The van der Waals surface area contributed by atoms with Gasteiger partial charge in [0.05, 0.1) is 7.11 Å². The maximum Gasteiger partial charge on any atom is 0.422 e. The molecule has 1 aromatic carbocycles. The normalized spacial score (nSPS) is 19.4. The summed E-state index contributed by atoms with van der Waals surface area (Å²) in [6.45, 7) is 2.01. The third kappa shape index (κ3) is 2.69. The molecule has 1 aliphatic heterocycles. The van der Waals surface area contributed by atoms with E-state index in [1.54, 1.807) is 0 Å². The van der Waals surface area contributed by atoms with Gasteiger partial charge in [-0.15, -0.1) is 0 Å². The second kappa shape index (κ2) is 6.89. The van der Waals surface area contributed by atoms with Gasteiger partial charge < -0.3 is 9.64 Å². The van der Waals surface area contributed by atoms with Gasteiger partial charge in [0, 0.05) is 5.69 Å². The van der Waals surface area contributed by atoms with Crippen LogP contribution in [0.15, 0.2) is 24.3 Å². The van der Waals surface area contributed by atoms with Crippen molar-refractivity contribution >= 4 is 35.0 Å². The molecule has 2 amide bonds. The molecule has 24 heavy (non-hydrogen) atoms. The Labute approximate surface area is 148 Å². The average Bonchev–Trinajstić information content (AvgIpc) is 2.76. The van der Waals surface area contributed by atoms with E-state index < -0.39 is 11.6 Å². The molecule has 2 aliphatic rings. The Bertz CT molecular complexity index is 651. The maximum atomic E-state index is 13.0. The van der Waals surface area contributed by atoms with Crippen molar-refractivity contribution in [3.8, 4) is 0 Å². The molecule has 0 unspecified atom stereocenters. The van der Waals surface area contributed by atoms with Crippen LogP contribution in [0.2, 0.25) is 0 Å². The molecule has 1 saturated heterocycles. The lowest BCUT2D eigenvalue weighted by Gasteiger charge is -2.39. The Morgan fingerprint density at radius 2 is 1.75 bits per heavy atom. The van der Waals surface area contributed by atoms with Crippen LogP contribution in [0.1, 0.15) is 45.1 Å². The fraction of sp³-hybridized carbons (Fsp3) is 0.500. The summed E-state index contributed by atoms with van der Waals surface area (Å²) in [5, 5.41) is 0.215. The number of hydrogen-bond acceptors (Lipinski definition) is 4. The Kier molecular flexibility index (Phi) is 5.28. The molecule has 2 fully saturated rings. The Morgan fingerprint density at radius 3 is 2.29 bits per heavy atom. The van der Waals surface area contributed by atoms with Gasteiger partial charge in [0.2, 0.25) is 0 Å². The lowest BCUT2D eigenvalue weighted by molar-refractivity contribution is -0.130.